The fourth-order valence-corrected chi connectivity index (χ4v) is 2.91. The van der Waals surface area contributed by atoms with E-state index >= 15 is 0 Å². The van der Waals surface area contributed by atoms with Crippen LogP contribution in [0.1, 0.15) is 30.1 Å². The van der Waals surface area contributed by atoms with Crippen LogP contribution in [0.5, 0.6) is 0 Å². The molecule has 1 amide bonds. The van der Waals surface area contributed by atoms with Crippen molar-refractivity contribution in [2.24, 2.45) is 0 Å². The Bertz CT molecular complexity index is 812. The lowest BCUT2D eigenvalue weighted by atomic mass is 10.1. The number of carbonyl (C=O) groups is 2. The number of esters is 1. The first-order chi connectivity index (χ1) is 12.5. The van der Waals surface area contributed by atoms with Crippen molar-refractivity contribution < 1.29 is 14.3 Å². The van der Waals surface area contributed by atoms with Crippen LogP contribution in [0.3, 0.4) is 0 Å². The van der Waals surface area contributed by atoms with Crippen LogP contribution >= 0.6 is 23.2 Å². The van der Waals surface area contributed by atoms with E-state index in [2.05, 4.69) is 5.32 Å². The van der Waals surface area contributed by atoms with E-state index in [1.54, 1.807) is 42.5 Å². The average Bonchev–Trinajstić information content (AvgIpc) is 3.44. The van der Waals surface area contributed by atoms with E-state index in [9.17, 15) is 9.59 Å². The molecular weight excluding hydrogens is 373 g/mol. The molecule has 0 unspecified atom stereocenters. The van der Waals surface area contributed by atoms with Gasteiger partial charge in [0.1, 0.15) is 0 Å². The summed E-state index contributed by atoms with van der Waals surface area (Å²) >= 11 is 12.2. The molecule has 2 aromatic rings. The Morgan fingerprint density at radius 2 is 1.69 bits per heavy atom. The molecule has 0 aromatic heterocycles. The second-order valence-electron chi connectivity index (χ2n) is 5.98. The number of rotatable bonds is 6. The van der Waals surface area contributed by atoms with Gasteiger partial charge in [-0.05, 0) is 31.1 Å². The maximum atomic E-state index is 12.5. The van der Waals surface area contributed by atoms with Crippen molar-refractivity contribution >= 4 is 41.2 Å². The van der Waals surface area contributed by atoms with Crippen LogP contribution in [0.15, 0.2) is 54.6 Å². The van der Waals surface area contributed by atoms with Gasteiger partial charge in [0, 0.05) is 33.3 Å². The highest BCUT2D eigenvalue weighted by atomic mass is 35.5. The molecule has 0 radical (unpaired) electrons. The molecule has 1 aliphatic rings. The summed E-state index contributed by atoms with van der Waals surface area (Å²) in [6.07, 6.45) is 3.59. The second-order valence-corrected chi connectivity index (χ2v) is 6.79. The van der Waals surface area contributed by atoms with Crippen molar-refractivity contribution in [3.05, 3.63) is 75.8 Å². The van der Waals surface area contributed by atoms with Crippen molar-refractivity contribution in [2.45, 2.75) is 25.0 Å². The van der Waals surface area contributed by atoms with E-state index in [4.69, 9.17) is 27.9 Å². The number of benzene rings is 2. The Labute approximate surface area is 161 Å². The molecule has 1 N–H and O–H groups in total. The molecule has 6 heteroatoms. The van der Waals surface area contributed by atoms with E-state index in [0.29, 0.717) is 21.2 Å². The first-order valence-corrected chi connectivity index (χ1v) is 8.98. The number of nitrogens with one attached hydrogen (secondary N) is 1. The third-order valence-corrected chi connectivity index (χ3v) is 4.54. The maximum absolute atomic E-state index is 12.5. The van der Waals surface area contributed by atoms with E-state index < -0.39 is 12.1 Å². The molecule has 1 atom stereocenters. The van der Waals surface area contributed by atoms with Gasteiger partial charge < -0.3 is 10.1 Å². The molecule has 4 nitrogen and oxygen atoms in total. The van der Waals surface area contributed by atoms with Gasteiger partial charge in [-0.1, -0.05) is 59.6 Å². The van der Waals surface area contributed by atoms with Crippen molar-refractivity contribution in [3.8, 4) is 0 Å². The molecule has 0 saturated heterocycles. The summed E-state index contributed by atoms with van der Waals surface area (Å²) in [6.45, 7) is 0. The highest BCUT2D eigenvalue weighted by Gasteiger charge is 2.30. The number of hydrogen-bond acceptors (Lipinski definition) is 3. The summed E-state index contributed by atoms with van der Waals surface area (Å²) in [6, 6.07) is 14.2. The SMILES string of the molecule is O=C(/C=C/c1c(Cl)cccc1Cl)O[C@@H](C(=O)NC1CC1)c1ccccc1. The van der Waals surface area contributed by atoms with Gasteiger partial charge in [0.25, 0.3) is 5.91 Å². The van der Waals surface area contributed by atoms with E-state index in [1.165, 1.54) is 12.2 Å². The minimum atomic E-state index is -1.00. The van der Waals surface area contributed by atoms with Crippen LogP contribution in [0.2, 0.25) is 10.0 Å². The molecule has 1 aliphatic carbocycles. The van der Waals surface area contributed by atoms with Gasteiger partial charge in [-0.2, -0.15) is 0 Å². The first-order valence-electron chi connectivity index (χ1n) is 8.22. The fraction of sp³-hybridized carbons (Fsp3) is 0.200. The molecule has 1 saturated carbocycles. The van der Waals surface area contributed by atoms with Gasteiger partial charge in [0.2, 0.25) is 6.10 Å². The predicted octanol–water partition coefficient (Wildman–Crippen LogP) is 4.57. The van der Waals surface area contributed by atoms with Gasteiger partial charge >= 0.3 is 5.97 Å². The molecule has 0 aliphatic heterocycles. The molecule has 26 heavy (non-hydrogen) atoms. The van der Waals surface area contributed by atoms with E-state index in [-0.39, 0.29) is 11.9 Å². The Morgan fingerprint density at radius 3 is 2.31 bits per heavy atom. The third kappa shape index (κ3) is 4.87. The molecule has 0 bridgehead atoms. The van der Waals surface area contributed by atoms with Crippen molar-refractivity contribution in [3.63, 3.8) is 0 Å². The van der Waals surface area contributed by atoms with Crippen LogP contribution in [0.4, 0.5) is 0 Å². The number of hydrogen-bond donors (Lipinski definition) is 1. The van der Waals surface area contributed by atoms with Crippen LogP contribution in [0.25, 0.3) is 6.08 Å². The normalized spacial score (nSPS) is 14.8. The summed E-state index contributed by atoms with van der Waals surface area (Å²) in [4.78, 5) is 24.7. The van der Waals surface area contributed by atoms with E-state index in [1.807, 2.05) is 6.07 Å². The predicted molar refractivity (Wildman–Crippen MR) is 102 cm³/mol. The molecule has 2 aromatic carbocycles. The zero-order chi connectivity index (χ0) is 18.5. The summed E-state index contributed by atoms with van der Waals surface area (Å²) in [5.41, 5.74) is 1.13. The first kappa shape index (κ1) is 18.5. The number of halogens is 2. The molecule has 0 spiro atoms. The molecule has 0 heterocycles. The molecule has 3 rings (SSSR count). The number of carbonyl (C=O) groups excluding carboxylic acids is 2. The van der Waals surface area contributed by atoms with Crippen molar-refractivity contribution in [1.82, 2.24) is 5.32 Å². The van der Waals surface area contributed by atoms with Crippen molar-refractivity contribution in [2.75, 3.05) is 0 Å². The lowest BCUT2D eigenvalue weighted by molar-refractivity contribution is -0.151. The van der Waals surface area contributed by atoms with Crippen molar-refractivity contribution in [1.29, 1.82) is 0 Å². The van der Waals surface area contributed by atoms with Crippen LogP contribution < -0.4 is 5.32 Å². The Balaban J connectivity index is 1.74. The van der Waals surface area contributed by atoms with E-state index in [0.717, 1.165) is 12.8 Å². The molecule has 134 valence electrons. The summed E-state index contributed by atoms with van der Waals surface area (Å²) in [7, 11) is 0. The molecule has 1 fully saturated rings. The smallest absolute Gasteiger partial charge is 0.331 e. The Kier molecular flexibility index (Phi) is 5.96. The number of amides is 1. The van der Waals surface area contributed by atoms with Crippen LogP contribution in [-0.4, -0.2) is 17.9 Å². The van der Waals surface area contributed by atoms with Gasteiger partial charge in [-0.3, -0.25) is 4.79 Å². The minimum Gasteiger partial charge on any atom is -0.444 e. The lowest BCUT2D eigenvalue weighted by Gasteiger charge is -2.17. The largest absolute Gasteiger partial charge is 0.444 e. The zero-order valence-electron chi connectivity index (χ0n) is 13.8. The number of ether oxygens (including phenoxy) is 1. The van der Waals surface area contributed by atoms with Gasteiger partial charge in [-0.25, -0.2) is 4.79 Å². The average molecular weight is 390 g/mol. The summed E-state index contributed by atoms with van der Waals surface area (Å²) in [5, 5.41) is 3.71. The van der Waals surface area contributed by atoms with Crippen LogP contribution in [-0.2, 0) is 14.3 Å². The summed E-state index contributed by atoms with van der Waals surface area (Å²) < 4.78 is 5.40. The third-order valence-electron chi connectivity index (χ3n) is 3.88. The van der Waals surface area contributed by atoms with Crippen LogP contribution in [0, 0.1) is 0 Å². The second kappa shape index (κ2) is 8.39. The zero-order valence-corrected chi connectivity index (χ0v) is 15.3. The Hall–Kier alpha value is -2.30. The lowest BCUT2D eigenvalue weighted by Crippen LogP contribution is -2.33. The van der Waals surface area contributed by atoms with Gasteiger partial charge in [0.05, 0.1) is 0 Å². The maximum Gasteiger partial charge on any atom is 0.331 e. The quantitative estimate of drug-likeness (QED) is 0.581. The van der Waals surface area contributed by atoms with Gasteiger partial charge in [0.15, 0.2) is 0 Å². The molecular formula is C20H17Cl2NO3. The monoisotopic (exact) mass is 389 g/mol. The Morgan fingerprint density at radius 1 is 1.04 bits per heavy atom. The highest BCUT2D eigenvalue weighted by molar-refractivity contribution is 6.37. The highest BCUT2D eigenvalue weighted by Crippen LogP contribution is 2.26. The minimum absolute atomic E-state index is 0.171. The van der Waals surface area contributed by atoms with Gasteiger partial charge in [-0.15, -0.1) is 0 Å². The fourth-order valence-electron chi connectivity index (χ4n) is 2.38. The standard InChI is InChI=1S/C20H17Cl2NO3/c21-16-7-4-8-17(22)15(16)11-12-18(24)26-19(13-5-2-1-3-6-13)20(25)23-14-9-10-14/h1-8,11-12,14,19H,9-10H2,(H,23,25)/b12-11+/t19-/m1/s1. The topological polar surface area (TPSA) is 55.4 Å². The summed E-state index contributed by atoms with van der Waals surface area (Å²) in [5.74, 6) is -0.975.